The van der Waals surface area contributed by atoms with Crippen LogP contribution in [0.2, 0.25) is 0 Å². The van der Waals surface area contributed by atoms with Gasteiger partial charge in [-0.25, -0.2) is 0 Å². The predicted molar refractivity (Wildman–Crippen MR) is 55.1 cm³/mol. The zero-order valence-electron chi connectivity index (χ0n) is 9.31. The Kier molecular flexibility index (Phi) is 2.51. The lowest BCUT2D eigenvalue weighted by Gasteiger charge is -2.25. The maximum absolute atomic E-state index is 11.8. The Hall–Kier alpha value is -0.610. The van der Waals surface area contributed by atoms with Crippen LogP contribution in [0.3, 0.4) is 0 Å². The summed E-state index contributed by atoms with van der Waals surface area (Å²) in [5.74, 6) is 0.451. The van der Waals surface area contributed by atoms with E-state index in [2.05, 4.69) is 0 Å². The smallest absolute Gasteiger partial charge is 0.253 e. The lowest BCUT2D eigenvalue weighted by atomic mass is 10.00. The lowest BCUT2D eigenvalue weighted by molar-refractivity contribution is -0.147. The van der Waals surface area contributed by atoms with Crippen molar-refractivity contribution in [2.24, 2.45) is 11.8 Å². The van der Waals surface area contributed by atoms with Crippen LogP contribution in [0.25, 0.3) is 0 Å². The highest BCUT2D eigenvalue weighted by atomic mass is 16.3. The number of nitrogens with zero attached hydrogens (tertiary/aromatic N) is 1. The molecule has 0 bridgehead atoms. The molecular weight excluding hydrogens is 194 g/mol. The highest BCUT2D eigenvalue weighted by Crippen LogP contribution is 2.38. The van der Waals surface area contributed by atoms with Crippen molar-refractivity contribution in [2.45, 2.75) is 38.4 Å². The molecule has 0 aromatic carbocycles. The van der Waals surface area contributed by atoms with Crippen LogP contribution in [0.5, 0.6) is 0 Å². The van der Waals surface area contributed by atoms with Gasteiger partial charge in [0.05, 0.1) is 6.10 Å². The van der Waals surface area contributed by atoms with Gasteiger partial charge < -0.3 is 15.1 Å². The fourth-order valence-corrected chi connectivity index (χ4v) is 2.79. The summed E-state index contributed by atoms with van der Waals surface area (Å²) in [5.41, 5.74) is -1.29. The van der Waals surface area contributed by atoms with Gasteiger partial charge in [-0.05, 0) is 32.6 Å². The number of hydrogen-bond acceptors (Lipinski definition) is 3. The molecule has 1 aliphatic carbocycles. The average molecular weight is 213 g/mol. The van der Waals surface area contributed by atoms with E-state index in [1.54, 1.807) is 4.90 Å². The number of carbonyl (C=O) groups is 1. The van der Waals surface area contributed by atoms with Gasteiger partial charge in [-0.3, -0.25) is 4.79 Å². The molecule has 2 N–H and O–H groups in total. The van der Waals surface area contributed by atoms with Gasteiger partial charge in [0, 0.05) is 19.0 Å². The topological polar surface area (TPSA) is 60.8 Å². The van der Waals surface area contributed by atoms with Crippen molar-refractivity contribution in [3.63, 3.8) is 0 Å². The summed E-state index contributed by atoms with van der Waals surface area (Å²) < 4.78 is 0. The van der Waals surface area contributed by atoms with Crippen molar-refractivity contribution in [1.82, 2.24) is 4.90 Å². The largest absolute Gasteiger partial charge is 0.393 e. The van der Waals surface area contributed by atoms with E-state index >= 15 is 0 Å². The second-order valence-electron chi connectivity index (χ2n) is 5.34. The number of aliphatic hydroxyl groups excluding tert-OH is 1. The lowest BCUT2D eigenvalue weighted by Crippen LogP contribution is -2.44. The summed E-state index contributed by atoms with van der Waals surface area (Å²) in [7, 11) is 0. The van der Waals surface area contributed by atoms with Crippen molar-refractivity contribution < 1.29 is 15.0 Å². The van der Waals surface area contributed by atoms with E-state index in [-0.39, 0.29) is 17.9 Å². The zero-order valence-corrected chi connectivity index (χ0v) is 9.31. The third-order valence-corrected chi connectivity index (χ3v) is 3.63. The summed E-state index contributed by atoms with van der Waals surface area (Å²) in [6.45, 7) is 4.33. The number of fused-ring (bicyclic) bond motifs is 1. The Morgan fingerprint density at radius 2 is 2.00 bits per heavy atom. The van der Waals surface area contributed by atoms with Crippen LogP contribution in [0.15, 0.2) is 0 Å². The molecule has 2 fully saturated rings. The van der Waals surface area contributed by atoms with Gasteiger partial charge in [0.1, 0.15) is 5.60 Å². The van der Waals surface area contributed by atoms with Crippen LogP contribution in [-0.2, 0) is 4.79 Å². The normalized spacial score (nSPS) is 35.7. The van der Waals surface area contributed by atoms with Crippen molar-refractivity contribution in [3.8, 4) is 0 Å². The summed E-state index contributed by atoms with van der Waals surface area (Å²) in [4.78, 5) is 13.5. The minimum atomic E-state index is -1.29. The summed E-state index contributed by atoms with van der Waals surface area (Å²) in [6, 6.07) is 0. The van der Waals surface area contributed by atoms with Gasteiger partial charge in [-0.15, -0.1) is 0 Å². The number of likely N-dealkylation sites (tertiary alicyclic amines) is 1. The Bertz CT molecular complexity index is 271. The standard InChI is InChI=1S/C11H19NO3/c1-11(2,15)10(14)12-5-7-3-4-9(13)8(7)6-12/h7-9,13,15H,3-6H2,1-2H3. The summed E-state index contributed by atoms with van der Waals surface area (Å²) in [5, 5.41) is 19.3. The van der Waals surface area contributed by atoms with Crippen molar-refractivity contribution in [3.05, 3.63) is 0 Å². The number of carbonyl (C=O) groups excluding carboxylic acids is 1. The molecule has 1 saturated carbocycles. The van der Waals surface area contributed by atoms with E-state index in [1.165, 1.54) is 13.8 Å². The van der Waals surface area contributed by atoms with E-state index in [0.29, 0.717) is 19.0 Å². The third kappa shape index (κ3) is 1.88. The first-order chi connectivity index (χ1) is 6.89. The van der Waals surface area contributed by atoms with Gasteiger partial charge in [-0.1, -0.05) is 0 Å². The van der Waals surface area contributed by atoms with Gasteiger partial charge >= 0.3 is 0 Å². The molecule has 0 radical (unpaired) electrons. The van der Waals surface area contributed by atoms with Gasteiger partial charge in [0.25, 0.3) is 5.91 Å². The molecule has 3 atom stereocenters. The third-order valence-electron chi connectivity index (χ3n) is 3.63. The molecule has 0 aromatic heterocycles. The fourth-order valence-electron chi connectivity index (χ4n) is 2.79. The van der Waals surface area contributed by atoms with Crippen LogP contribution >= 0.6 is 0 Å². The van der Waals surface area contributed by atoms with Crippen molar-refractivity contribution in [1.29, 1.82) is 0 Å². The average Bonchev–Trinajstić information content (AvgIpc) is 2.66. The second kappa shape index (κ2) is 3.46. The highest BCUT2D eigenvalue weighted by molar-refractivity contribution is 5.84. The molecule has 4 nitrogen and oxygen atoms in total. The molecule has 2 aliphatic rings. The highest BCUT2D eigenvalue weighted by Gasteiger charge is 2.45. The molecule has 1 saturated heterocycles. The van der Waals surface area contributed by atoms with E-state index < -0.39 is 5.60 Å². The Morgan fingerprint density at radius 1 is 1.33 bits per heavy atom. The molecule has 0 aromatic rings. The minimum absolute atomic E-state index is 0.218. The Morgan fingerprint density at radius 3 is 2.53 bits per heavy atom. The fraction of sp³-hybridized carbons (Fsp3) is 0.909. The molecule has 86 valence electrons. The number of rotatable bonds is 1. The Balaban J connectivity index is 2.02. The number of amides is 1. The van der Waals surface area contributed by atoms with Crippen LogP contribution in [0.4, 0.5) is 0 Å². The van der Waals surface area contributed by atoms with E-state index in [9.17, 15) is 15.0 Å². The molecule has 15 heavy (non-hydrogen) atoms. The second-order valence-corrected chi connectivity index (χ2v) is 5.34. The first-order valence-corrected chi connectivity index (χ1v) is 5.59. The predicted octanol–water partition coefficient (Wildman–Crippen LogP) is -0.0134. The van der Waals surface area contributed by atoms with Crippen LogP contribution in [0.1, 0.15) is 26.7 Å². The molecular formula is C11H19NO3. The molecule has 1 amide bonds. The quantitative estimate of drug-likeness (QED) is 0.644. The van der Waals surface area contributed by atoms with Crippen molar-refractivity contribution >= 4 is 5.91 Å². The van der Waals surface area contributed by atoms with E-state index in [4.69, 9.17) is 0 Å². The molecule has 2 rings (SSSR count). The van der Waals surface area contributed by atoms with Crippen LogP contribution in [-0.4, -0.2) is 45.8 Å². The maximum Gasteiger partial charge on any atom is 0.253 e. The van der Waals surface area contributed by atoms with E-state index in [1.807, 2.05) is 0 Å². The minimum Gasteiger partial charge on any atom is -0.393 e. The monoisotopic (exact) mass is 213 g/mol. The molecule has 1 aliphatic heterocycles. The Labute approximate surface area is 89.9 Å². The summed E-state index contributed by atoms with van der Waals surface area (Å²) in [6.07, 6.45) is 1.61. The molecule has 1 heterocycles. The molecule has 4 heteroatoms. The van der Waals surface area contributed by atoms with Crippen molar-refractivity contribution in [2.75, 3.05) is 13.1 Å². The maximum atomic E-state index is 11.8. The van der Waals surface area contributed by atoms with E-state index in [0.717, 1.165) is 12.8 Å². The van der Waals surface area contributed by atoms with Gasteiger partial charge in [-0.2, -0.15) is 0 Å². The first-order valence-electron chi connectivity index (χ1n) is 5.59. The zero-order chi connectivity index (χ0) is 11.2. The van der Waals surface area contributed by atoms with Gasteiger partial charge in [0.15, 0.2) is 0 Å². The SMILES string of the molecule is CC(C)(O)C(=O)N1CC2CCC(O)C2C1. The van der Waals surface area contributed by atoms with Gasteiger partial charge in [0.2, 0.25) is 0 Å². The van der Waals surface area contributed by atoms with Crippen LogP contribution in [0, 0.1) is 11.8 Å². The number of hydrogen-bond donors (Lipinski definition) is 2. The molecule has 0 spiro atoms. The van der Waals surface area contributed by atoms with Crippen LogP contribution < -0.4 is 0 Å². The summed E-state index contributed by atoms with van der Waals surface area (Å²) >= 11 is 0. The number of aliphatic hydroxyl groups is 2. The first kappa shape index (κ1) is 10.9. The molecule has 3 unspecified atom stereocenters.